The Morgan fingerprint density at radius 2 is 2.11 bits per heavy atom. The first-order valence-corrected chi connectivity index (χ1v) is 6.44. The van der Waals surface area contributed by atoms with Crippen LogP contribution < -0.4 is 5.32 Å². The molecule has 5 heteroatoms. The van der Waals surface area contributed by atoms with E-state index in [1.807, 2.05) is 6.92 Å². The maximum atomic E-state index is 11.9. The van der Waals surface area contributed by atoms with Gasteiger partial charge in [-0.25, -0.2) is 4.79 Å². The zero-order valence-electron chi connectivity index (χ0n) is 11.5. The number of carboxylic acids is 1. The third-order valence-corrected chi connectivity index (χ3v) is 3.07. The lowest BCUT2D eigenvalue weighted by Gasteiger charge is -2.17. The van der Waals surface area contributed by atoms with Gasteiger partial charge >= 0.3 is 5.97 Å². The molecule has 0 aromatic carbocycles. The number of aromatic nitrogens is 1. The van der Waals surface area contributed by atoms with Crippen LogP contribution in [0.4, 0.5) is 0 Å². The average molecular weight is 264 g/mol. The Balaban J connectivity index is 2.67. The van der Waals surface area contributed by atoms with Crippen molar-refractivity contribution in [2.24, 2.45) is 5.92 Å². The van der Waals surface area contributed by atoms with Crippen LogP contribution in [0.2, 0.25) is 0 Å². The van der Waals surface area contributed by atoms with Crippen LogP contribution >= 0.6 is 0 Å². The molecular formula is C14H20N2O3. The maximum Gasteiger partial charge on any atom is 0.335 e. The molecule has 104 valence electrons. The summed E-state index contributed by atoms with van der Waals surface area (Å²) < 4.78 is 0. The van der Waals surface area contributed by atoms with Gasteiger partial charge < -0.3 is 10.4 Å². The minimum Gasteiger partial charge on any atom is -0.478 e. The number of carboxylic acid groups (broad SMARTS) is 1. The highest BCUT2D eigenvalue weighted by Gasteiger charge is 2.14. The number of carbonyl (C=O) groups excluding carboxylic acids is 1. The molecule has 0 bridgehead atoms. The molecule has 2 unspecified atom stereocenters. The largest absolute Gasteiger partial charge is 0.478 e. The van der Waals surface area contributed by atoms with Crippen LogP contribution in [-0.2, 0) is 0 Å². The van der Waals surface area contributed by atoms with Crippen LogP contribution in [0.25, 0.3) is 0 Å². The van der Waals surface area contributed by atoms with Crippen molar-refractivity contribution < 1.29 is 14.7 Å². The summed E-state index contributed by atoms with van der Waals surface area (Å²) in [5.74, 6) is -0.864. The van der Waals surface area contributed by atoms with Crippen molar-refractivity contribution >= 4 is 11.9 Å². The molecule has 1 amide bonds. The quantitative estimate of drug-likeness (QED) is 0.826. The molecule has 0 aliphatic heterocycles. The summed E-state index contributed by atoms with van der Waals surface area (Å²) in [5.41, 5.74) is 0.200. The Kier molecular flexibility index (Phi) is 5.48. The maximum absolute atomic E-state index is 11.9. The van der Waals surface area contributed by atoms with Gasteiger partial charge in [0.2, 0.25) is 0 Å². The van der Waals surface area contributed by atoms with Gasteiger partial charge in [0.05, 0.1) is 5.56 Å². The van der Waals surface area contributed by atoms with Crippen LogP contribution in [0.1, 0.15) is 54.5 Å². The second kappa shape index (κ2) is 6.87. The van der Waals surface area contributed by atoms with Crippen molar-refractivity contribution in [2.75, 3.05) is 0 Å². The molecule has 1 aromatic rings. The van der Waals surface area contributed by atoms with Gasteiger partial charge in [0, 0.05) is 12.2 Å². The highest BCUT2D eigenvalue weighted by molar-refractivity contribution is 5.95. The van der Waals surface area contributed by atoms with Crippen molar-refractivity contribution in [2.45, 2.75) is 39.7 Å². The fraction of sp³-hybridized carbons (Fsp3) is 0.500. The van der Waals surface area contributed by atoms with Gasteiger partial charge in [-0.1, -0.05) is 20.3 Å². The highest BCUT2D eigenvalue weighted by Crippen LogP contribution is 2.10. The third kappa shape index (κ3) is 4.69. The number of pyridine rings is 1. The average Bonchev–Trinajstić information content (AvgIpc) is 2.38. The fourth-order valence-corrected chi connectivity index (χ4v) is 1.81. The minimum atomic E-state index is -1.07. The van der Waals surface area contributed by atoms with E-state index in [0.29, 0.717) is 5.92 Å². The van der Waals surface area contributed by atoms with Gasteiger partial charge in [-0.3, -0.25) is 9.78 Å². The van der Waals surface area contributed by atoms with E-state index in [1.165, 1.54) is 18.3 Å². The molecule has 0 aliphatic carbocycles. The van der Waals surface area contributed by atoms with Gasteiger partial charge in [0.1, 0.15) is 5.69 Å². The lowest BCUT2D eigenvalue weighted by Crippen LogP contribution is -2.34. The zero-order valence-corrected chi connectivity index (χ0v) is 11.5. The number of hydrogen-bond donors (Lipinski definition) is 2. The number of hydrogen-bond acceptors (Lipinski definition) is 3. The van der Waals surface area contributed by atoms with Crippen LogP contribution in [0.5, 0.6) is 0 Å². The molecule has 1 aromatic heterocycles. The molecular weight excluding hydrogens is 244 g/mol. The van der Waals surface area contributed by atoms with Crippen molar-refractivity contribution in [3.05, 3.63) is 29.6 Å². The fourth-order valence-electron chi connectivity index (χ4n) is 1.81. The number of carbonyl (C=O) groups is 2. The number of aromatic carboxylic acids is 1. The van der Waals surface area contributed by atoms with Crippen LogP contribution in [0.3, 0.4) is 0 Å². The molecule has 2 N–H and O–H groups in total. The zero-order chi connectivity index (χ0) is 14.4. The highest BCUT2D eigenvalue weighted by atomic mass is 16.4. The summed E-state index contributed by atoms with van der Waals surface area (Å²) in [5, 5.41) is 11.7. The summed E-state index contributed by atoms with van der Waals surface area (Å²) in [6, 6.07) is 2.69. The van der Waals surface area contributed by atoms with E-state index in [4.69, 9.17) is 5.11 Å². The predicted octanol–water partition coefficient (Wildman–Crippen LogP) is 2.33. The smallest absolute Gasteiger partial charge is 0.335 e. The van der Waals surface area contributed by atoms with Crippen molar-refractivity contribution in [3.63, 3.8) is 0 Å². The number of amides is 1. The summed E-state index contributed by atoms with van der Waals surface area (Å²) >= 11 is 0. The Labute approximate surface area is 113 Å². The summed E-state index contributed by atoms with van der Waals surface area (Å²) in [7, 11) is 0. The molecule has 2 atom stereocenters. The normalized spacial score (nSPS) is 13.6. The second-order valence-electron chi connectivity index (χ2n) is 4.86. The van der Waals surface area contributed by atoms with Crippen molar-refractivity contribution in [1.82, 2.24) is 10.3 Å². The topological polar surface area (TPSA) is 79.3 Å². The molecule has 0 radical (unpaired) electrons. The van der Waals surface area contributed by atoms with Gasteiger partial charge in [-0.05, 0) is 31.4 Å². The first kappa shape index (κ1) is 15.1. The third-order valence-electron chi connectivity index (χ3n) is 3.07. The number of nitrogens with zero attached hydrogens (tertiary/aromatic N) is 1. The van der Waals surface area contributed by atoms with E-state index in [9.17, 15) is 9.59 Å². The van der Waals surface area contributed by atoms with E-state index < -0.39 is 5.97 Å². The van der Waals surface area contributed by atoms with Gasteiger partial charge in [-0.2, -0.15) is 0 Å². The minimum absolute atomic E-state index is 0.0396. The Morgan fingerprint density at radius 1 is 1.42 bits per heavy atom. The van der Waals surface area contributed by atoms with Gasteiger partial charge in [0.25, 0.3) is 5.91 Å². The second-order valence-corrected chi connectivity index (χ2v) is 4.86. The predicted molar refractivity (Wildman–Crippen MR) is 72.2 cm³/mol. The van der Waals surface area contributed by atoms with E-state index in [-0.39, 0.29) is 23.2 Å². The van der Waals surface area contributed by atoms with E-state index in [1.54, 1.807) is 0 Å². The summed E-state index contributed by atoms with van der Waals surface area (Å²) in [6.45, 7) is 6.17. The molecule has 19 heavy (non-hydrogen) atoms. The first-order chi connectivity index (χ1) is 8.93. The molecule has 0 saturated heterocycles. The monoisotopic (exact) mass is 264 g/mol. The lowest BCUT2D eigenvalue weighted by molar-refractivity contribution is 0.0696. The number of nitrogens with one attached hydrogen (secondary N) is 1. The molecule has 5 nitrogen and oxygen atoms in total. The Hall–Kier alpha value is -1.91. The van der Waals surface area contributed by atoms with E-state index >= 15 is 0 Å². The molecule has 0 spiro atoms. The lowest BCUT2D eigenvalue weighted by atomic mass is 10.0. The number of rotatable bonds is 6. The van der Waals surface area contributed by atoms with E-state index in [0.717, 1.165) is 12.8 Å². The van der Waals surface area contributed by atoms with Crippen LogP contribution in [0, 0.1) is 5.92 Å². The van der Waals surface area contributed by atoms with Crippen molar-refractivity contribution in [3.8, 4) is 0 Å². The molecule has 0 saturated carbocycles. The SMILES string of the molecule is CCC(C)CC(C)NC(=O)c1cc(C(=O)O)ccn1. The van der Waals surface area contributed by atoms with Gasteiger partial charge in [-0.15, -0.1) is 0 Å². The molecule has 0 fully saturated rings. The van der Waals surface area contributed by atoms with Crippen LogP contribution in [0.15, 0.2) is 18.3 Å². The van der Waals surface area contributed by atoms with Gasteiger partial charge in [0.15, 0.2) is 0 Å². The summed E-state index contributed by atoms with van der Waals surface area (Å²) in [4.78, 5) is 26.7. The molecule has 0 aliphatic rings. The molecule has 1 rings (SSSR count). The van der Waals surface area contributed by atoms with Crippen LogP contribution in [-0.4, -0.2) is 28.0 Å². The standard InChI is InChI=1S/C14H20N2O3/c1-4-9(2)7-10(3)16-13(17)12-8-11(14(18)19)5-6-15-12/h5-6,8-10H,4,7H2,1-3H3,(H,16,17)(H,18,19). The summed E-state index contributed by atoms with van der Waals surface area (Å²) in [6.07, 6.45) is 3.28. The van der Waals surface area contributed by atoms with E-state index in [2.05, 4.69) is 24.1 Å². The Bertz CT molecular complexity index is 460. The van der Waals surface area contributed by atoms with Crippen molar-refractivity contribution in [1.29, 1.82) is 0 Å². The molecule has 1 heterocycles. The first-order valence-electron chi connectivity index (χ1n) is 6.44. The Morgan fingerprint density at radius 3 is 2.68 bits per heavy atom.